The molecule has 0 saturated carbocycles. The van der Waals surface area contributed by atoms with Crippen molar-refractivity contribution in [1.29, 1.82) is 0 Å². The molecule has 3 aromatic carbocycles. The number of ether oxygens (including phenoxy) is 1. The smallest absolute Gasteiger partial charge is 0.214 e. The van der Waals surface area contributed by atoms with Gasteiger partial charge in [-0.1, -0.05) is 60.7 Å². The number of fused-ring (bicyclic) bond motifs is 1. The third-order valence-electron chi connectivity index (χ3n) is 3.93. The fraction of sp³-hybridized carbons (Fsp3) is 0.111. The Bertz CT molecular complexity index is 769. The zero-order valence-electron chi connectivity index (χ0n) is 12.1. The zero-order chi connectivity index (χ0) is 14.9. The van der Waals surface area contributed by atoms with Crippen molar-refractivity contribution < 1.29 is 4.74 Å². The standard InChI is InChI=1S/C18H17ClOSi/c1-20-17-12-13-18(16-11-7-6-10-15(16)17)21(2,19)14-8-4-3-5-9-14/h3-13H,1-2H3/t21-/m1/s1. The quantitative estimate of drug-likeness (QED) is 0.528. The molecule has 0 fully saturated rings. The molecule has 0 amide bonds. The Morgan fingerprint density at radius 3 is 2.10 bits per heavy atom. The Kier molecular flexibility index (Phi) is 3.74. The summed E-state index contributed by atoms with van der Waals surface area (Å²) in [4.78, 5) is 0. The minimum absolute atomic E-state index is 0.892. The van der Waals surface area contributed by atoms with Crippen LogP contribution in [0.15, 0.2) is 66.7 Å². The zero-order valence-corrected chi connectivity index (χ0v) is 13.9. The van der Waals surface area contributed by atoms with Crippen molar-refractivity contribution in [3.8, 4) is 5.75 Å². The van der Waals surface area contributed by atoms with Gasteiger partial charge in [0.25, 0.3) is 0 Å². The van der Waals surface area contributed by atoms with Crippen LogP contribution in [0.5, 0.6) is 5.75 Å². The number of hydrogen-bond acceptors (Lipinski definition) is 1. The Labute approximate surface area is 130 Å². The highest BCUT2D eigenvalue weighted by Gasteiger charge is 2.31. The molecule has 1 nitrogen and oxygen atoms in total. The van der Waals surface area contributed by atoms with Gasteiger partial charge in [-0.2, -0.15) is 11.1 Å². The van der Waals surface area contributed by atoms with Crippen LogP contribution in [0.1, 0.15) is 0 Å². The van der Waals surface area contributed by atoms with Gasteiger partial charge in [0, 0.05) is 5.39 Å². The van der Waals surface area contributed by atoms with Gasteiger partial charge in [-0.25, -0.2) is 0 Å². The van der Waals surface area contributed by atoms with E-state index < -0.39 is 7.38 Å². The van der Waals surface area contributed by atoms with E-state index in [1.807, 2.05) is 18.2 Å². The van der Waals surface area contributed by atoms with Crippen molar-refractivity contribution in [1.82, 2.24) is 0 Å². The highest BCUT2D eigenvalue weighted by Crippen LogP contribution is 2.26. The maximum Gasteiger partial charge on any atom is 0.214 e. The van der Waals surface area contributed by atoms with Crippen molar-refractivity contribution >= 4 is 39.6 Å². The van der Waals surface area contributed by atoms with Gasteiger partial charge in [-0.15, -0.1) is 0 Å². The molecule has 3 heteroatoms. The lowest BCUT2D eigenvalue weighted by Crippen LogP contribution is -2.50. The topological polar surface area (TPSA) is 9.23 Å². The van der Waals surface area contributed by atoms with Crippen LogP contribution < -0.4 is 15.1 Å². The monoisotopic (exact) mass is 312 g/mol. The highest BCUT2D eigenvalue weighted by atomic mass is 35.6. The average molecular weight is 313 g/mol. The van der Waals surface area contributed by atoms with Crippen molar-refractivity contribution in [2.45, 2.75) is 6.55 Å². The van der Waals surface area contributed by atoms with Crippen molar-refractivity contribution in [3.05, 3.63) is 66.7 Å². The van der Waals surface area contributed by atoms with Crippen LogP contribution in [0.2, 0.25) is 6.55 Å². The van der Waals surface area contributed by atoms with Gasteiger partial charge in [0.1, 0.15) is 5.75 Å². The predicted octanol–water partition coefficient (Wildman–Crippen LogP) is 3.78. The summed E-state index contributed by atoms with van der Waals surface area (Å²) >= 11 is 7.06. The van der Waals surface area contributed by atoms with Gasteiger partial charge in [-0.05, 0) is 28.4 Å². The third-order valence-corrected chi connectivity index (χ3v) is 8.06. The number of hydrogen-bond donors (Lipinski definition) is 0. The molecule has 0 spiro atoms. The van der Waals surface area contributed by atoms with Crippen LogP contribution >= 0.6 is 11.1 Å². The molecule has 0 radical (unpaired) electrons. The fourth-order valence-corrected chi connectivity index (χ4v) is 5.89. The first kappa shape index (κ1) is 14.2. The molecule has 0 aromatic heterocycles. The van der Waals surface area contributed by atoms with Gasteiger partial charge < -0.3 is 4.74 Å². The number of methoxy groups -OCH3 is 1. The summed E-state index contributed by atoms with van der Waals surface area (Å²) in [6.07, 6.45) is 0. The first-order valence-corrected chi connectivity index (χ1v) is 10.5. The molecular formula is C18H17ClOSi. The molecule has 21 heavy (non-hydrogen) atoms. The Morgan fingerprint density at radius 2 is 1.43 bits per heavy atom. The summed E-state index contributed by atoms with van der Waals surface area (Å²) in [5.74, 6) is 0.892. The van der Waals surface area contributed by atoms with E-state index in [2.05, 4.69) is 55.1 Å². The van der Waals surface area contributed by atoms with Crippen LogP contribution in [0.4, 0.5) is 0 Å². The molecule has 0 aliphatic carbocycles. The Hall–Kier alpha value is -1.77. The van der Waals surface area contributed by atoms with Crippen molar-refractivity contribution in [2.75, 3.05) is 7.11 Å². The van der Waals surface area contributed by atoms with E-state index in [1.54, 1.807) is 7.11 Å². The Balaban J connectivity index is 2.26. The second kappa shape index (κ2) is 5.55. The average Bonchev–Trinajstić information content (AvgIpc) is 2.54. The van der Waals surface area contributed by atoms with Gasteiger partial charge in [0.15, 0.2) is 0 Å². The van der Waals surface area contributed by atoms with E-state index in [0.717, 1.165) is 11.1 Å². The van der Waals surface area contributed by atoms with Crippen molar-refractivity contribution in [2.24, 2.45) is 0 Å². The van der Waals surface area contributed by atoms with E-state index in [1.165, 1.54) is 15.8 Å². The van der Waals surface area contributed by atoms with E-state index in [-0.39, 0.29) is 0 Å². The minimum Gasteiger partial charge on any atom is -0.496 e. The highest BCUT2D eigenvalue weighted by molar-refractivity contribution is 7.34. The normalized spacial score (nSPS) is 13.9. The Morgan fingerprint density at radius 1 is 0.810 bits per heavy atom. The van der Waals surface area contributed by atoms with Gasteiger partial charge in [-0.3, -0.25) is 0 Å². The molecule has 106 valence electrons. The summed E-state index contributed by atoms with van der Waals surface area (Å²) in [5.41, 5.74) is 0. The van der Waals surface area contributed by atoms with E-state index >= 15 is 0 Å². The lowest BCUT2D eigenvalue weighted by molar-refractivity contribution is 0.420. The molecule has 3 rings (SSSR count). The number of benzene rings is 3. The first-order valence-electron chi connectivity index (χ1n) is 6.95. The van der Waals surface area contributed by atoms with E-state index in [0.29, 0.717) is 0 Å². The predicted molar refractivity (Wildman–Crippen MR) is 93.7 cm³/mol. The lowest BCUT2D eigenvalue weighted by Gasteiger charge is -2.23. The summed E-state index contributed by atoms with van der Waals surface area (Å²) in [5, 5.41) is 4.76. The maximum absolute atomic E-state index is 7.06. The summed E-state index contributed by atoms with van der Waals surface area (Å²) in [7, 11) is -0.535. The van der Waals surface area contributed by atoms with Crippen LogP contribution in [0.25, 0.3) is 10.8 Å². The summed E-state index contributed by atoms with van der Waals surface area (Å²) in [6, 6.07) is 22.8. The third kappa shape index (κ3) is 2.45. The molecule has 1 atom stereocenters. The fourth-order valence-electron chi connectivity index (χ4n) is 2.77. The SMILES string of the molecule is COc1ccc([Si@](C)(Cl)c2ccccc2)c2ccccc12. The van der Waals surface area contributed by atoms with E-state index in [9.17, 15) is 0 Å². The molecule has 0 heterocycles. The lowest BCUT2D eigenvalue weighted by atomic mass is 10.1. The van der Waals surface area contributed by atoms with Crippen LogP contribution in [-0.4, -0.2) is 14.5 Å². The van der Waals surface area contributed by atoms with Gasteiger partial charge in [0.05, 0.1) is 7.11 Å². The maximum atomic E-state index is 7.06. The van der Waals surface area contributed by atoms with Gasteiger partial charge >= 0.3 is 0 Å². The number of halogens is 1. The summed E-state index contributed by atoms with van der Waals surface area (Å²) in [6.45, 7) is 2.18. The molecule has 0 saturated heterocycles. The second-order valence-corrected chi connectivity index (χ2v) is 10.6. The van der Waals surface area contributed by atoms with Crippen LogP contribution in [0, 0.1) is 0 Å². The molecule has 3 aromatic rings. The van der Waals surface area contributed by atoms with Crippen molar-refractivity contribution in [3.63, 3.8) is 0 Å². The molecule has 0 aliphatic heterocycles. The van der Waals surface area contributed by atoms with Crippen LogP contribution in [0.3, 0.4) is 0 Å². The largest absolute Gasteiger partial charge is 0.496 e. The number of rotatable bonds is 3. The molecular weight excluding hydrogens is 296 g/mol. The molecule has 0 unspecified atom stereocenters. The molecule has 0 aliphatic rings. The van der Waals surface area contributed by atoms with Crippen LogP contribution in [-0.2, 0) is 0 Å². The van der Waals surface area contributed by atoms with Gasteiger partial charge in [0.2, 0.25) is 7.38 Å². The first-order chi connectivity index (χ1) is 10.1. The van der Waals surface area contributed by atoms with E-state index in [4.69, 9.17) is 15.8 Å². The molecule has 0 bridgehead atoms. The summed E-state index contributed by atoms with van der Waals surface area (Å²) < 4.78 is 5.47. The minimum atomic E-state index is -2.24. The molecule has 0 N–H and O–H groups in total. The second-order valence-electron chi connectivity index (χ2n) is 5.23.